The second kappa shape index (κ2) is 9.91. The molecule has 0 amide bonds. The average molecular weight is 528 g/mol. The number of ether oxygens (including phenoxy) is 1. The molecule has 0 radical (unpaired) electrons. The number of hydrogen-bond acceptors (Lipinski definition) is 7. The van der Waals surface area contributed by atoms with Crippen molar-refractivity contribution in [3.63, 3.8) is 0 Å². The van der Waals surface area contributed by atoms with E-state index in [-0.39, 0.29) is 11.9 Å². The Labute approximate surface area is 225 Å². The fourth-order valence-corrected chi connectivity index (χ4v) is 5.45. The molecule has 5 aromatic rings. The largest absolute Gasteiger partial charge is 0.493 e. The molecule has 9 heteroatoms. The van der Waals surface area contributed by atoms with Gasteiger partial charge in [0.05, 0.1) is 12.7 Å². The summed E-state index contributed by atoms with van der Waals surface area (Å²) in [7, 11) is 3.44. The summed E-state index contributed by atoms with van der Waals surface area (Å²) in [6.07, 6.45) is 4.35. The molecule has 8 nitrogen and oxygen atoms in total. The molecule has 39 heavy (non-hydrogen) atoms. The Kier molecular flexibility index (Phi) is 6.40. The van der Waals surface area contributed by atoms with Crippen LogP contribution in [0.4, 0.5) is 4.39 Å². The van der Waals surface area contributed by atoms with Crippen LogP contribution in [0.25, 0.3) is 45.1 Å². The zero-order chi connectivity index (χ0) is 27.1. The molecule has 1 fully saturated rings. The Hall–Kier alpha value is -4.08. The number of aryl methyl sites for hydroxylation is 1. The molecule has 0 spiro atoms. The third kappa shape index (κ3) is 4.79. The molecule has 2 aromatic heterocycles. The summed E-state index contributed by atoms with van der Waals surface area (Å²) in [6, 6.07) is 16.4. The first-order valence-electron chi connectivity index (χ1n) is 13.0. The number of aromatic nitrogens is 4. The summed E-state index contributed by atoms with van der Waals surface area (Å²) in [5.41, 5.74) is 4.66. The van der Waals surface area contributed by atoms with Crippen molar-refractivity contribution in [2.45, 2.75) is 44.4 Å². The van der Waals surface area contributed by atoms with Crippen LogP contribution in [-0.2, 0) is 13.6 Å². The Morgan fingerprint density at radius 3 is 2.74 bits per heavy atom. The number of hydrogen-bond donors (Lipinski definition) is 2. The lowest BCUT2D eigenvalue weighted by molar-refractivity contribution is 0.0387. The van der Waals surface area contributed by atoms with Gasteiger partial charge in [-0.2, -0.15) is 0 Å². The van der Waals surface area contributed by atoms with Gasteiger partial charge in [-0.1, -0.05) is 18.2 Å². The maximum Gasteiger partial charge on any atom is 0.227 e. The number of methoxy groups -OCH3 is 1. The van der Waals surface area contributed by atoms with Gasteiger partial charge >= 0.3 is 0 Å². The van der Waals surface area contributed by atoms with Gasteiger partial charge in [0.1, 0.15) is 17.7 Å². The predicted octanol–water partition coefficient (Wildman–Crippen LogP) is 5.50. The van der Waals surface area contributed by atoms with E-state index >= 15 is 0 Å². The quantitative estimate of drug-likeness (QED) is 0.288. The SMILES string of the molecule is COc1cc(CN[C@@H]2CCC[C@@]2(C)O)cc2nc(-c3cccc(-c4ccc(F)cc4-c4nncn4C)c3)oc12. The number of rotatable bonds is 7. The van der Waals surface area contributed by atoms with E-state index in [1.54, 1.807) is 24.1 Å². The van der Waals surface area contributed by atoms with Crippen LogP contribution in [0.2, 0.25) is 0 Å². The van der Waals surface area contributed by atoms with Gasteiger partial charge in [0.25, 0.3) is 0 Å². The fraction of sp³-hybridized carbons (Fsp3) is 0.300. The number of nitrogens with zero attached hydrogens (tertiary/aromatic N) is 4. The zero-order valence-electron chi connectivity index (χ0n) is 22.1. The summed E-state index contributed by atoms with van der Waals surface area (Å²) in [5, 5.41) is 22.2. The number of fused-ring (bicyclic) bond motifs is 1. The first kappa shape index (κ1) is 25.2. The average Bonchev–Trinajstić information content (AvgIpc) is 3.64. The van der Waals surface area contributed by atoms with Gasteiger partial charge in [0, 0.05) is 30.8 Å². The molecule has 1 saturated carbocycles. The highest BCUT2D eigenvalue weighted by atomic mass is 19.1. The van der Waals surface area contributed by atoms with Gasteiger partial charge in [-0.3, -0.25) is 0 Å². The van der Waals surface area contributed by atoms with Crippen molar-refractivity contribution in [3.8, 4) is 39.7 Å². The molecule has 0 unspecified atom stereocenters. The van der Waals surface area contributed by atoms with Crippen LogP contribution in [0.15, 0.2) is 65.3 Å². The Bertz CT molecular complexity index is 1660. The Morgan fingerprint density at radius 2 is 2.00 bits per heavy atom. The van der Waals surface area contributed by atoms with E-state index in [0.717, 1.165) is 41.5 Å². The second-order valence-electron chi connectivity index (χ2n) is 10.4. The molecule has 0 bridgehead atoms. The van der Waals surface area contributed by atoms with Crippen molar-refractivity contribution in [2.24, 2.45) is 7.05 Å². The molecule has 0 saturated heterocycles. The zero-order valence-corrected chi connectivity index (χ0v) is 22.1. The molecule has 6 rings (SSSR count). The van der Waals surface area contributed by atoms with E-state index < -0.39 is 5.60 Å². The number of aliphatic hydroxyl groups is 1. The smallest absolute Gasteiger partial charge is 0.227 e. The van der Waals surface area contributed by atoms with Crippen molar-refractivity contribution >= 4 is 11.1 Å². The van der Waals surface area contributed by atoms with Crippen molar-refractivity contribution < 1.29 is 18.7 Å². The van der Waals surface area contributed by atoms with Crippen LogP contribution in [0.5, 0.6) is 5.75 Å². The molecule has 2 atom stereocenters. The van der Waals surface area contributed by atoms with Gasteiger partial charge in [0.2, 0.25) is 5.89 Å². The van der Waals surface area contributed by atoms with Gasteiger partial charge in [-0.05, 0) is 79.3 Å². The molecule has 2 N–H and O–H groups in total. The topological polar surface area (TPSA) is 98.2 Å². The number of nitrogens with one attached hydrogen (secondary N) is 1. The minimum atomic E-state index is -0.697. The number of oxazole rings is 1. The summed E-state index contributed by atoms with van der Waals surface area (Å²) in [4.78, 5) is 4.79. The lowest BCUT2D eigenvalue weighted by Gasteiger charge is -2.26. The van der Waals surface area contributed by atoms with E-state index in [1.165, 1.54) is 12.1 Å². The minimum absolute atomic E-state index is 0.0488. The molecule has 3 aromatic carbocycles. The van der Waals surface area contributed by atoms with Gasteiger partial charge in [0.15, 0.2) is 17.2 Å². The highest BCUT2D eigenvalue weighted by Crippen LogP contribution is 2.36. The lowest BCUT2D eigenvalue weighted by Crippen LogP contribution is -2.44. The van der Waals surface area contributed by atoms with Crippen molar-refractivity contribution in [1.29, 1.82) is 0 Å². The second-order valence-corrected chi connectivity index (χ2v) is 10.4. The molecule has 1 aliphatic rings. The van der Waals surface area contributed by atoms with Crippen LogP contribution < -0.4 is 10.1 Å². The third-order valence-electron chi connectivity index (χ3n) is 7.57. The van der Waals surface area contributed by atoms with Crippen LogP contribution in [0.1, 0.15) is 31.7 Å². The minimum Gasteiger partial charge on any atom is -0.493 e. The van der Waals surface area contributed by atoms with E-state index in [1.807, 2.05) is 50.4 Å². The van der Waals surface area contributed by atoms with Gasteiger partial charge in [-0.25, -0.2) is 9.37 Å². The molecule has 2 heterocycles. The third-order valence-corrected chi connectivity index (χ3v) is 7.57. The summed E-state index contributed by atoms with van der Waals surface area (Å²) in [6.45, 7) is 2.47. The molecule has 200 valence electrons. The fourth-order valence-electron chi connectivity index (χ4n) is 5.45. The monoisotopic (exact) mass is 527 g/mol. The van der Waals surface area contributed by atoms with Crippen molar-refractivity contribution in [2.75, 3.05) is 7.11 Å². The molecular formula is C30H30FN5O3. The van der Waals surface area contributed by atoms with Gasteiger partial charge < -0.3 is 24.1 Å². The van der Waals surface area contributed by atoms with Gasteiger partial charge in [-0.15, -0.1) is 10.2 Å². The summed E-state index contributed by atoms with van der Waals surface area (Å²) in [5.74, 6) is 1.28. The first-order valence-corrected chi connectivity index (χ1v) is 13.0. The summed E-state index contributed by atoms with van der Waals surface area (Å²) < 4.78 is 27.8. The van der Waals surface area contributed by atoms with Crippen molar-refractivity contribution in [1.82, 2.24) is 25.1 Å². The maximum absolute atomic E-state index is 14.2. The van der Waals surface area contributed by atoms with E-state index in [9.17, 15) is 9.50 Å². The first-order chi connectivity index (χ1) is 18.8. The molecule has 1 aliphatic carbocycles. The summed E-state index contributed by atoms with van der Waals surface area (Å²) >= 11 is 0. The number of halogens is 1. The van der Waals surface area contributed by atoms with E-state index in [2.05, 4.69) is 15.5 Å². The molecular weight excluding hydrogens is 497 g/mol. The molecule has 0 aliphatic heterocycles. The predicted molar refractivity (Wildman–Crippen MR) is 146 cm³/mol. The highest BCUT2D eigenvalue weighted by Gasteiger charge is 2.36. The maximum atomic E-state index is 14.2. The Balaban J connectivity index is 1.34. The van der Waals surface area contributed by atoms with Crippen LogP contribution >= 0.6 is 0 Å². The van der Waals surface area contributed by atoms with Crippen LogP contribution in [0, 0.1) is 5.82 Å². The van der Waals surface area contributed by atoms with E-state index in [4.69, 9.17) is 14.1 Å². The van der Waals surface area contributed by atoms with Crippen molar-refractivity contribution in [3.05, 3.63) is 72.3 Å². The highest BCUT2D eigenvalue weighted by molar-refractivity contribution is 5.85. The lowest BCUT2D eigenvalue weighted by atomic mass is 9.97. The van der Waals surface area contributed by atoms with Crippen LogP contribution in [-0.4, -0.2) is 43.6 Å². The van der Waals surface area contributed by atoms with Crippen LogP contribution in [0.3, 0.4) is 0 Å². The number of benzene rings is 3. The normalized spacial score (nSPS) is 19.2. The Morgan fingerprint density at radius 1 is 1.15 bits per heavy atom. The van der Waals surface area contributed by atoms with E-state index in [0.29, 0.717) is 40.7 Å². The standard InChI is InChI=1S/C30H30FN5O3/c1-30(37)11-5-8-26(30)32-16-18-12-24-27(25(13-18)38-3)39-29(34-24)20-7-4-6-19(14-20)22-10-9-21(31)15-23(22)28-35-33-17-36(28)2/h4,6-7,9-10,12-15,17,26,32,37H,5,8,11,16H2,1-3H3/t26-,30-/m1/s1.